The fourth-order valence-electron chi connectivity index (χ4n) is 3.65. The van der Waals surface area contributed by atoms with Crippen molar-refractivity contribution in [3.63, 3.8) is 0 Å². The Hall–Kier alpha value is -1.83. The summed E-state index contributed by atoms with van der Waals surface area (Å²) >= 11 is 0. The summed E-state index contributed by atoms with van der Waals surface area (Å²) in [5.74, 6) is 1.66. The number of likely N-dealkylation sites (tertiary alicyclic amines) is 1. The molecule has 1 amide bonds. The minimum absolute atomic E-state index is 0.0539. The van der Waals surface area contributed by atoms with Gasteiger partial charge >= 0.3 is 0 Å². The SMILES string of the molecule is COCCN1C(=O)COC2CN(Cc3ccc4c(c3)OCO4)CC21. The number of carbonyl (C=O) groups excluding carboxylic acids is 1. The Morgan fingerprint density at radius 2 is 2.12 bits per heavy atom. The highest BCUT2D eigenvalue weighted by Crippen LogP contribution is 2.33. The van der Waals surface area contributed by atoms with E-state index in [-0.39, 0.29) is 31.5 Å². The minimum Gasteiger partial charge on any atom is -0.454 e. The van der Waals surface area contributed by atoms with Crippen molar-refractivity contribution < 1.29 is 23.7 Å². The summed E-state index contributed by atoms with van der Waals surface area (Å²) in [6, 6.07) is 6.14. The Morgan fingerprint density at radius 3 is 3.00 bits per heavy atom. The number of rotatable bonds is 5. The van der Waals surface area contributed by atoms with Crippen molar-refractivity contribution in [2.24, 2.45) is 0 Å². The van der Waals surface area contributed by atoms with Crippen molar-refractivity contribution in [2.75, 3.05) is 46.8 Å². The second-order valence-corrected chi connectivity index (χ2v) is 6.38. The van der Waals surface area contributed by atoms with E-state index in [1.54, 1.807) is 7.11 Å². The van der Waals surface area contributed by atoms with Crippen LogP contribution in [0.25, 0.3) is 0 Å². The number of methoxy groups -OCH3 is 1. The maximum atomic E-state index is 12.1. The van der Waals surface area contributed by atoms with Gasteiger partial charge in [-0.05, 0) is 17.7 Å². The molecule has 0 saturated carbocycles. The van der Waals surface area contributed by atoms with Gasteiger partial charge < -0.3 is 23.8 Å². The number of fused-ring (bicyclic) bond motifs is 2. The van der Waals surface area contributed by atoms with E-state index in [9.17, 15) is 4.79 Å². The molecule has 1 aromatic carbocycles. The van der Waals surface area contributed by atoms with Gasteiger partial charge in [0.2, 0.25) is 12.7 Å². The zero-order chi connectivity index (χ0) is 16.5. The van der Waals surface area contributed by atoms with E-state index >= 15 is 0 Å². The van der Waals surface area contributed by atoms with E-state index in [1.807, 2.05) is 17.0 Å². The Balaban J connectivity index is 1.42. The van der Waals surface area contributed by atoms with Crippen LogP contribution in [-0.4, -0.2) is 74.6 Å². The molecule has 7 heteroatoms. The number of benzene rings is 1. The van der Waals surface area contributed by atoms with Gasteiger partial charge in [0.25, 0.3) is 0 Å². The van der Waals surface area contributed by atoms with Crippen LogP contribution in [0.15, 0.2) is 18.2 Å². The van der Waals surface area contributed by atoms with Crippen LogP contribution in [0, 0.1) is 0 Å². The zero-order valence-electron chi connectivity index (χ0n) is 13.8. The molecular formula is C17H22N2O5. The molecule has 2 saturated heterocycles. The molecule has 1 aromatic rings. The molecule has 4 rings (SSSR count). The lowest BCUT2D eigenvalue weighted by molar-refractivity contribution is -0.153. The van der Waals surface area contributed by atoms with Gasteiger partial charge in [-0.25, -0.2) is 0 Å². The van der Waals surface area contributed by atoms with Gasteiger partial charge in [-0.2, -0.15) is 0 Å². The first-order chi connectivity index (χ1) is 11.7. The van der Waals surface area contributed by atoms with E-state index in [4.69, 9.17) is 18.9 Å². The molecule has 3 aliphatic rings. The van der Waals surface area contributed by atoms with Crippen LogP contribution in [0.2, 0.25) is 0 Å². The second-order valence-electron chi connectivity index (χ2n) is 6.38. The molecule has 3 aliphatic heterocycles. The van der Waals surface area contributed by atoms with Crippen molar-refractivity contribution in [1.29, 1.82) is 0 Å². The number of ether oxygens (including phenoxy) is 4. The van der Waals surface area contributed by atoms with Crippen molar-refractivity contribution in [3.8, 4) is 11.5 Å². The van der Waals surface area contributed by atoms with Gasteiger partial charge in [0, 0.05) is 33.3 Å². The third-order valence-electron chi connectivity index (χ3n) is 4.83. The molecule has 0 spiro atoms. The number of morpholine rings is 1. The minimum atomic E-state index is 0.0539. The standard InChI is InChI=1S/C17H22N2O5/c1-21-5-4-19-13-8-18(9-16(13)22-10-17(19)20)7-12-2-3-14-15(6-12)24-11-23-14/h2-3,6,13,16H,4-5,7-11H2,1H3. The Morgan fingerprint density at radius 1 is 1.25 bits per heavy atom. The second kappa shape index (κ2) is 6.58. The van der Waals surface area contributed by atoms with E-state index in [2.05, 4.69) is 11.0 Å². The van der Waals surface area contributed by atoms with Crippen molar-refractivity contribution >= 4 is 5.91 Å². The van der Waals surface area contributed by atoms with Crippen LogP contribution in [0.5, 0.6) is 11.5 Å². The highest BCUT2D eigenvalue weighted by molar-refractivity contribution is 5.78. The quantitative estimate of drug-likeness (QED) is 0.780. The number of amides is 1. The first-order valence-corrected chi connectivity index (χ1v) is 8.25. The molecule has 0 aromatic heterocycles. The van der Waals surface area contributed by atoms with Gasteiger partial charge in [0.05, 0.1) is 18.8 Å². The molecule has 0 bridgehead atoms. The highest BCUT2D eigenvalue weighted by Gasteiger charge is 2.42. The molecule has 0 radical (unpaired) electrons. The third kappa shape index (κ3) is 2.94. The molecule has 130 valence electrons. The maximum absolute atomic E-state index is 12.1. The molecule has 0 N–H and O–H groups in total. The van der Waals surface area contributed by atoms with Gasteiger partial charge in [0.15, 0.2) is 11.5 Å². The summed E-state index contributed by atoms with van der Waals surface area (Å²) in [6.07, 6.45) is 0.0774. The van der Waals surface area contributed by atoms with E-state index in [1.165, 1.54) is 5.56 Å². The van der Waals surface area contributed by atoms with Gasteiger partial charge in [-0.15, -0.1) is 0 Å². The van der Waals surface area contributed by atoms with E-state index in [0.29, 0.717) is 13.2 Å². The average Bonchev–Trinajstić information content (AvgIpc) is 3.20. The van der Waals surface area contributed by atoms with E-state index < -0.39 is 0 Å². The summed E-state index contributed by atoms with van der Waals surface area (Å²) in [4.78, 5) is 16.4. The lowest BCUT2D eigenvalue weighted by Crippen LogP contribution is -2.54. The fraction of sp³-hybridized carbons (Fsp3) is 0.588. The number of nitrogens with zero attached hydrogens (tertiary/aromatic N) is 2. The summed E-state index contributed by atoms with van der Waals surface area (Å²) < 4.78 is 21.7. The van der Waals surface area contributed by atoms with Crippen LogP contribution in [0.3, 0.4) is 0 Å². The molecule has 24 heavy (non-hydrogen) atoms. The smallest absolute Gasteiger partial charge is 0.249 e. The van der Waals surface area contributed by atoms with Crippen LogP contribution >= 0.6 is 0 Å². The van der Waals surface area contributed by atoms with Crippen LogP contribution in [0.4, 0.5) is 0 Å². The van der Waals surface area contributed by atoms with E-state index in [0.717, 1.165) is 31.1 Å². The molecular weight excluding hydrogens is 312 g/mol. The molecule has 2 fully saturated rings. The predicted molar refractivity (Wildman–Crippen MR) is 85.0 cm³/mol. The summed E-state index contributed by atoms with van der Waals surface area (Å²) in [5.41, 5.74) is 1.17. The van der Waals surface area contributed by atoms with Crippen molar-refractivity contribution in [3.05, 3.63) is 23.8 Å². The third-order valence-corrected chi connectivity index (χ3v) is 4.83. The lowest BCUT2D eigenvalue weighted by atomic mass is 10.1. The first-order valence-electron chi connectivity index (χ1n) is 8.25. The summed E-state index contributed by atoms with van der Waals surface area (Å²) in [6.45, 7) is 4.08. The normalized spacial score (nSPS) is 26.0. The molecule has 2 unspecified atom stereocenters. The van der Waals surface area contributed by atoms with Crippen molar-refractivity contribution in [2.45, 2.75) is 18.7 Å². The zero-order valence-corrected chi connectivity index (χ0v) is 13.8. The lowest BCUT2D eigenvalue weighted by Gasteiger charge is -2.36. The van der Waals surface area contributed by atoms with Gasteiger partial charge in [0.1, 0.15) is 6.61 Å². The first kappa shape index (κ1) is 15.7. The van der Waals surface area contributed by atoms with Gasteiger partial charge in [-0.1, -0.05) is 6.07 Å². The Labute approximate surface area is 141 Å². The van der Waals surface area contributed by atoms with Gasteiger partial charge in [-0.3, -0.25) is 9.69 Å². The molecule has 2 atom stereocenters. The molecule has 7 nitrogen and oxygen atoms in total. The topological polar surface area (TPSA) is 60.5 Å². The molecule has 0 aliphatic carbocycles. The fourth-order valence-corrected chi connectivity index (χ4v) is 3.65. The average molecular weight is 334 g/mol. The summed E-state index contributed by atoms with van der Waals surface area (Å²) in [7, 11) is 1.66. The maximum Gasteiger partial charge on any atom is 0.249 e. The largest absolute Gasteiger partial charge is 0.454 e. The number of hydrogen-bond acceptors (Lipinski definition) is 6. The Bertz CT molecular complexity index is 623. The highest BCUT2D eigenvalue weighted by atomic mass is 16.7. The molecule has 3 heterocycles. The van der Waals surface area contributed by atoms with Crippen LogP contribution in [-0.2, 0) is 20.8 Å². The van der Waals surface area contributed by atoms with Crippen LogP contribution in [0.1, 0.15) is 5.56 Å². The summed E-state index contributed by atoms with van der Waals surface area (Å²) in [5, 5.41) is 0. The number of carbonyl (C=O) groups is 1. The monoisotopic (exact) mass is 334 g/mol. The van der Waals surface area contributed by atoms with Crippen LogP contribution < -0.4 is 9.47 Å². The predicted octanol–water partition coefficient (Wildman–Crippen LogP) is 0.473. The van der Waals surface area contributed by atoms with Crippen molar-refractivity contribution in [1.82, 2.24) is 9.80 Å². The number of hydrogen-bond donors (Lipinski definition) is 0. The Kier molecular flexibility index (Phi) is 4.30.